The van der Waals surface area contributed by atoms with E-state index in [2.05, 4.69) is 34.7 Å². The van der Waals surface area contributed by atoms with Crippen molar-refractivity contribution >= 4 is 5.96 Å². The number of nitrogens with zero attached hydrogens (tertiary/aromatic N) is 1. The fourth-order valence-electron chi connectivity index (χ4n) is 4.15. The number of nitrogens with one attached hydrogen (secondary N) is 2. The highest BCUT2D eigenvalue weighted by Crippen LogP contribution is 2.35. The number of guanidine groups is 1. The third-order valence-electron chi connectivity index (χ3n) is 5.40. The van der Waals surface area contributed by atoms with Gasteiger partial charge in [0.05, 0.1) is 25.4 Å². The van der Waals surface area contributed by atoms with Gasteiger partial charge in [-0.3, -0.25) is 4.99 Å². The Hall–Kier alpha value is -1.95. The Kier molecular flexibility index (Phi) is 4.46. The van der Waals surface area contributed by atoms with Crippen LogP contribution in [0.2, 0.25) is 0 Å². The first-order valence-corrected chi connectivity index (χ1v) is 9.15. The zero-order valence-electron chi connectivity index (χ0n) is 15.2. The van der Waals surface area contributed by atoms with Crippen molar-refractivity contribution in [2.45, 2.75) is 63.5 Å². The molecule has 1 aromatic carbocycles. The van der Waals surface area contributed by atoms with Crippen LogP contribution >= 0.6 is 0 Å². The molecule has 3 aliphatic rings. The molecular weight excluding hydrogens is 318 g/mol. The highest BCUT2D eigenvalue weighted by molar-refractivity contribution is 5.80. The van der Waals surface area contributed by atoms with Crippen LogP contribution in [0.1, 0.15) is 37.3 Å². The van der Waals surface area contributed by atoms with Gasteiger partial charge in [-0.1, -0.05) is 0 Å². The maximum absolute atomic E-state index is 5.91. The lowest BCUT2D eigenvalue weighted by molar-refractivity contribution is 0.0992. The lowest BCUT2D eigenvalue weighted by Gasteiger charge is -2.23. The minimum Gasteiger partial charge on any atom is -0.496 e. The average molecular weight is 345 g/mol. The monoisotopic (exact) mass is 345 g/mol. The fraction of sp³-hybridized carbons (Fsp3) is 0.632. The van der Waals surface area contributed by atoms with Gasteiger partial charge in [0.2, 0.25) is 0 Å². The first kappa shape index (κ1) is 16.5. The molecule has 4 atom stereocenters. The molecule has 0 aromatic heterocycles. The molecule has 1 aromatic rings. The largest absolute Gasteiger partial charge is 0.496 e. The van der Waals surface area contributed by atoms with Gasteiger partial charge in [0, 0.05) is 31.1 Å². The van der Waals surface area contributed by atoms with Crippen molar-refractivity contribution in [1.82, 2.24) is 10.6 Å². The molecule has 4 rings (SSSR count). The Morgan fingerprint density at radius 3 is 2.92 bits per heavy atom. The van der Waals surface area contributed by atoms with E-state index in [0.717, 1.165) is 42.3 Å². The standard InChI is InChI=1S/C19H27N3O3/c1-11-6-12-7-17(23-3)13(8-18(12)24-11)10-21-19(20-2)22-15-9-14-4-5-16(15)25-14/h7-8,11,14-16H,4-6,9-10H2,1-3H3,(H2,20,21,22). The number of hydrogen-bond acceptors (Lipinski definition) is 4. The summed E-state index contributed by atoms with van der Waals surface area (Å²) < 4.78 is 17.4. The number of aliphatic imine (C=N–C) groups is 1. The van der Waals surface area contributed by atoms with Crippen LogP contribution in [0.3, 0.4) is 0 Å². The molecule has 2 N–H and O–H groups in total. The zero-order chi connectivity index (χ0) is 17.4. The van der Waals surface area contributed by atoms with E-state index >= 15 is 0 Å². The molecular formula is C19H27N3O3. The molecule has 0 saturated carbocycles. The Bertz CT molecular complexity index is 676. The summed E-state index contributed by atoms with van der Waals surface area (Å²) >= 11 is 0. The summed E-state index contributed by atoms with van der Waals surface area (Å²) in [5.74, 6) is 2.66. The summed E-state index contributed by atoms with van der Waals surface area (Å²) in [6.07, 6.45) is 5.33. The molecule has 6 nitrogen and oxygen atoms in total. The van der Waals surface area contributed by atoms with E-state index in [0.29, 0.717) is 24.8 Å². The number of fused-ring (bicyclic) bond motifs is 3. The number of ether oxygens (including phenoxy) is 3. The molecule has 6 heteroatoms. The summed E-state index contributed by atoms with van der Waals surface area (Å²) in [6, 6.07) is 4.53. The van der Waals surface area contributed by atoms with Gasteiger partial charge in [-0.25, -0.2) is 0 Å². The summed E-state index contributed by atoms with van der Waals surface area (Å²) in [4.78, 5) is 4.36. The van der Waals surface area contributed by atoms with Crippen LogP contribution in [0.15, 0.2) is 17.1 Å². The Labute approximate surface area is 148 Å². The predicted octanol–water partition coefficient (Wildman–Crippen LogP) is 2.00. The van der Waals surface area contributed by atoms with E-state index in [1.807, 2.05) is 0 Å². The fourth-order valence-corrected chi connectivity index (χ4v) is 4.15. The van der Waals surface area contributed by atoms with Gasteiger partial charge >= 0.3 is 0 Å². The Balaban J connectivity index is 1.41. The minimum absolute atomic E-state index is 0.232. The van der Waals surface area contributed by atoms with E-state index in [-0.39, 0.29) is 6.10 Å². The first-order valence-electron chi connectivity index (χ1n) is 9.15. The van der Waals surface area contributed by atoms with E-state index in [9.17, 15) is 0 Å². The van der Waals surface area contributed by atoms with E-state index in [4.69, 9.17) is 14.2 Å². The lowest BCUT2D eigenvalue weighted by atomic mass is 9.96. The second kappa shape index (κ2) is 6.75. The maximum atomic E-state index is 5.91. The van der Waals surface area contributed by atoms with Crippen molar-refractivity contribution in [3.8, 4) is 11.5 Å². The first-order chi connectivity index (χ1) is 12.2. The smallest absolute Gasteiger partial charge is 0.191 e. The van der Waals surface area contributed by atoms with Crippen LogP contribution in [0.5, 0.6) is 11.5 Å². The molecule has 0 radical (unpaired) electrons. The SMILES string of the molecule is CN=C(NCc1cc2c(cc1OC)CC(C)O2)NC1CC2CCC1O2. The van der Waals surface area contributed by atoms with Gasteiger partial charge in [0.25, 0.3) is 0 Å². The molecule has 4 unspecified atom stereocenters. The predicted molar refractivity (Wildman–Crippen MR) is 96.4 cm³/mol. The minimum atomic E-state index is 0.232. The second-order valence-corrected chi connectivity index (χ2v) is 7.19. The second-order valence-electron chi connectivity index (χ2n) is 7.19. The molecule has 25 heavy (non-hydrogen) atoms. The highest BCUT2D eigenvalue weighted by atomic mass is 16.5. The van der Waals surface area contributed by atoms with Crippen LogP contribution in [-0.2, 0) is 17.7 Å². The molecule has 2 bridgehead atoms. The van der Waals surface area contributed by atoms with Crippen molar-refractivity contribution in [1.29, 1.82) is 0 Å². The maximum Gasteiger partial charge on any atom is 0.191 e. The molecule has 0 amide bonds. The summed E-state index contributed by atoms with van der Waals surface area (Å²) in [5, 5.41) is 6.90. The molecule has 0 aliphatic carbocycles. The number of rotatable bonds is 4. The lowest BCUT2D eigenvalue weighted by Crippen LogP contribution is -2.47. The van der Waals surface area contributed by atoms with Gasteiger partial charge < -0.3 is 24.8 Å². The van der Waals surface area contributed by atoms with Gasteiger partial charge in [-0.15, -0.1) is 0 Å². The molecule has 3 heterocycles. The van der Waals surface area contributed by atoms with Crippen LogP contribution in [-0.4, -0.2) is 44.5 Å². The molecule has 2 fully saturated rings. The number of hydrogen-bond donors (Lipinski definition) is 2. The highest BCUT2D eigenvalue weighted by Gasteiger charge is 2.41. The third kappa shape index (κ3) is 3.27. The van der Waals surface area contributed by atoms with Crippen LogP contribution in [0, 0.1) is 0 Å². The topological polar surface area (TPSA) is 64.1 Å². The van der Waals surface area contributed by atoms with Gasteiger partial charge in [-0.2, -0.15) is 0 Å². The third-order valence-corrected chi connectivity index (χ3v) is 5.40. The van der Waals surface area contributed by atoms with Gasteiger partial charge in [-0.05, 0) is 38.3 Å². The van der Waals surface area contributed by atoms with Crippen molar-refractivity contribution < 1.29 is 14.2 Å². The average Bonchev–Trinajstić information content (AvgIpc) is 3.31. The van der Waals surface area contributed by atoms with Crippen molar-refractivity contribution in [2.75, 3.05) is 14.2 Å². The van der Waals surface area contributed by atoms with Crippen LogP contribution in [0.25, 0.3) is 0 Å². The summed E-state index contributed by atoms with van der Waals surface area (Å²) in [7, 11) is 3.51. The summed E-state index contributed by atoms with van der Waals surface area (Å²) in [5.41, 5.74) is 2.29. The Morgan fingerprint density at radius 1 is 1.36 bits per heavy atom. The summed E-state index contributed by atoms with van der Waals surface area (Å²) in [6.45, 7) is 2.73. The van der Waals surface area contributed by atoms with Crippen molar-refractivity contribution in [2.24, 2.45) is 4.99 Å². The van der Waals surface area contributed by atoms with Crippen molar-refractivity contribution in [3.05, 3.63) is 23.3 Å². The van der Waals surface area contributed by atoms with Gasteiger partial charge in [0.15, 0.2) is 5.96 Å². The number of benzene rings is 1. The molecule has 3 aliphatic heterocycles. The number of methoxy groups -OCH3 is 1. The van der Waals surface area contributed by atoms with Crippen molar-refractivity contribution in [3.63, 3.8) is 0 Å². The van der Waals surface area contributed by atoms with E-state index in [1.54, 1.807) is 14.2 Å². The normalized spacial score (nSPS) is 30.1. The quantitative estimate of drug-likeness (QED) is 0.646. The molecule has 0 spiro atoms. The zero-order valence-corrected chi connectivity index (χ0v) is 15.2. The van der Waals surface area contributed by atoms with E-state index in [1.165, 1.54) is 12.0 Å². The Morgan fingerprint density at radius 2 is 2.24 bits per heavy atom. The van der Waals surface area contributed by atoms with Crippen LogP contribution < -0.4 is 20.1 Å². The molecule has 136 valence electrons. The van der Waals surface area contributed by atoms with E-state index < -0.39 is 0 Å². The van der Waals surface area contributed by atoms with Crippen LogP contribution in [0.4, 0.5) is 0 Å². The molecule has 2 saturated heterocycles. The van der Waals surface area contributed by atoms with Gasteiger partial charge in [0.1, 0.15) is 17.6 Å².